The summed E-state index contributed by atoms with van der Waals surface area (Å²) in [4.78, 5) is 24.2. The van der Waals surface area contributed by atoms with Crippen LogP contribution >= 0.6 is 0 Å². The van der Waals surface area contributed by atoms with Gasteiger partial charge in [-0.3, -0.25) is 0 Å². The fourth-order valence-corrected chi connectivity index (χ4v) is 2.49. The number of hydrogen-bond acceptors (Lipinski definition) is 3. The highest BCUT2D eigenvalue weighted by atomic mass is 16.5. The maximum Gasteiger partial charge on any atom is 0.339 e. The highest BCUT2D eigenvalue weighted by Crippen LogP contribution is 2.27. The molecule has 0 atom stereocenters. The van der Waals surface area contributed by atoms with Crippen molar-refractivity contribution >= 4 is 23.4 Å². The Hall–Kier alpha value is -2.82. The third-order valence-corrected chi connectivity index (χ3v) is 3.75. The predicted octanol–water partition coefficient (Wildman–Crippen LogP) is 4.55. The van der Waals surface area contributed by atoms with Crippen molar-refractivity contribution in [3.8, 4) is 0 Å². The molecule has 2 amide bonds. The number of hydrogen-bond donors (Lipinski definition) is 2. The van der Waals surface area contributed by atoms with E-state index in [-0.39, 0.29) is 5.92 Å². The fourth-order valence-electron chi connectivity index (χ4n) is 2.49. The highest BCUT2D eigenvalue weighted by molar-refractivity contribution is 6.05. The van der Waals surface area contributed by atoms with E-state index in [4.69, 9.17) is 4.74 Å². The van der Waals surface area contributed by atoms with Crippen molar-refractivity contribution < 1.29 is 14.3 Å². The molecule has 0 bridgehead atoms. The summed E-state index contributed by atoms with van der Waals surface area (Å²) in [6.07, 6.45) is 0. The molecule has 0 unspecified atom stereocenters. The van der Waals surface area contributed by atoms with Crippen molar-refractivity contribution in [3.05, 3.63) is 59.2 Å². The smallest absolute Gasteiger partial charge is 0.339 e. The number of benzene rings is 2. The van der Waals surface area contributed by atoms with Gasteiger partial charge in [0.15, 0.2) is 0 Å². The van der Waals surface area contributed by atoms with Crippen molar-refractivity contribution in [2.45, 2.75) is 26.7 Å². The average molecular weight is 326 g/mol. The molecular weight excluding hydrogens is 304 g/mol. The minimum absolute atomic E-state index is 0.280. The molecule has 5 heteroatoms. The van der Waals surface area contributed by atoms with E-state index in [2.05, 4.69) is 24.5 Å². The zero-order valence-corrected chi connectivity index (χ0v) is 14.3. The van der Waals surface area contributed by atoms with Gasteiger partial charge in [-0.05, 0) is 36.1 Å². The van der Waals surface area contributed by atoms with Crippen molar-refractivity contribution in [1.29, 1.82) is 0 Å². The summed E-state index contributed by atoms with van der Waals surface area (Å²) in [7, 11) is 1.31. The SMILES string of the molecule is COC(=O)c1ccccc1NC(=O)Nc1c(C)cccc1C(C)C. The monoisotopic (exact) mass is 326 g/mol. The lowest BCUT2D eigenvalue weighted by Gasteiger charge is -2.17. The van der Waals surface area contributed by atoms with Crippen molar-refractivity contribution in [2.75, 3.05) is 17.7 Å². The zero-order chi connectivity index (χ0) is 17.7. The third-order valence-electron chi connectivity index (χ3n) is 3.75. The summed E-state index contributed by atoms with van der Waals surface area (Å²) < 4.78 is 4.74. The van der Waals surface area contributed by atoms with Crippen LogP contribution in [0.25, 0.3) is 0 Å². The van der Waals surface area contributed by atoms with Crippen LogP contribution in [0.15, 0.2) is 42.5 Å². The molecule has 2 aromatic carbocycles. The topological polar surface area (TPSA) is 67.4 Å². The van der Waals surface area contributed by atoms with E-state index in [0.717, 1.165) is 16.8 Å². The van der Waals surface area contributed by atoms with Gasteiger partial charge in [-0.2, -0.15) is 0 Å². The first-order chi connectivity index (χ1) is 11.4. The van der Waals surface area contributed by atoms with Crippen LogP contribution in [0.1, 0.15) is 41.3 Å². The largest absolute Gasteiger partial charge is 0.465 e. The Morgan fingerprint density at radius 2 is 1.71 bits per heavy atom. The number of ether oxygens (including phenoxy) is 1. The van der Waals surface area contributed by atoms with E-state index in [1.807, 2.05) is 25.1 Å². The molecule has 2 rings (SSSR count). The van der Waals surface area contributed by atoms with Crippen LogP contribution in [0, 0.1) is 6.92 Å². The van der Waals surface area contributed by atoms with Crippen LogP contribution in [0.4, 0.5) is 16.2 Å². The van der Waals surface area contributed by atoms with Crippen molar-refractivity contribution in [2.24, 2.45) is 0 Å². The Morgan fingerprint density at radius 1 is 1.00 bits per heavy atom. The number of urea groups is 1. The van der Waals surface area contributed by atoms with Crippen LogP contribution in [0.5, 0.6) is 0 Å². The molecule has 0 aliphatic rings. The summed E-state index contributed by atoms with van der Waals surface area (Å²) in [5.41, 5.74) is 3.55. The summed E-state index contributed by atoms with van der Waals surface area (Å²) in [5, 5.41) is 5.61. The van der Waals surface area contributed by atoms with Gasteiger partial charge < -0.3 is 15.4 Å². The lowest BCUT2D eigenvalue weighted by atomic mass is 9.98. The summed E-state index contributed by atoms with van der Waals surface area (Å²) in [6.45, 7) is 6.10. The molecule has 0 heterocycles. The van der Waals surface area contributed by atoms with Gasteiger partial charge in [0.25, 0.3) is 0 Å². The molecule has 126 valence electrons. The summed E-state index contributed by atoms with van der Waals surface area (Å²) >= 11 is 0. The van der Waals surface area contributed by atoms with Crippen LogP contribution in [0.2, 0.25) is 0 Å². The molecule has 0 aliphatic carbocycles. The standard InChI is InChI=1S/C19H22N2O3/c1-12(2)14-10-7-8-13(3)17(14)21-19(23)20-16-11-6-5-9-15(16)18(22)24-4/h5-12H,1-4H3,(H2,20,21,23). The first-order valence-corrected chi connectivity index (χ1v) is 7.79. The molecule has 0 aliphatic heterocycles. The minimum atomic E-state index is -0.496. The Morgan fingerprint density at radius 3 is 2.38 bits per heavy atom. The minimum Gasteiger partial charge on any atom is -0.465 e. The molecular formula is C19H22N2O3. The van der Waals surface area contributed by atoms with E-state index in [9.17, 15) is 9.59 Å². The lowest BCUT2D eigenvalue weighted by molar-refractivity contribution is 0.0602. The molecule has 0 fully saturated rings. The van der Waals surface area contributed by atoms with Crippen molar-refractivity contribution in [1.82, 2.24) is 0 Å². The third kappa shape index (κ3) is 3.93. The number of amides is 2. The maximum absolute atomic E-state index is 12.4. The normalized spacial score (nSPS) is 10.4. The van der Waals surface area contributed by atoms with Gasteiger partial charge in [0.1, 0.15) is 0 Å². The molecule has 0 spiro atoms. The fraction of sp³-hybridized carbons (Fsp3) is 0.263. The number of esters is 1. The number of rotatable bonds is 4. The molecule has 0 saturated heterocycles. The Labute approximate surface area is 142 Å². The maximum atomic E-state index is 12.4. The highest BCUT2D eigenvalue weighted by Gasteiger charge is 2.15. The second-order valence-electron chi connectivity index (χ2n) is 5.81. The van der Waals surface area contributed by atoms with Gasteiger partial charge in [-0.15, -0.1) is 0 Å². The molecule has 2 aromatic rings. The van der Waals surface area contributed by atoms with Crippen LogP contribution in [0.3, 0.4) is 0 Å². The first-order valence-electron chi connectivity index (χ1n) is 7.79. The molecule has 5 nitrogen and oxygen atoms in total. The Balaban J connectivity index is 2.23. The number of aryl methyl sites for hydroxylation is 1. The van der Waals surface area contributed by atoms with E-state index < -0.39 is 12.0 Å². The van der Waals surface area contributed by atoms with Crippen LogP contribution < -0.4 is 10.6 Å². The molecule has 0 radical (unpaired) electrons. The molecule has 0 saturated carbocycles. The summed E-state index contributed by atoms with van der Waals surface area (Å²) in [6, 6.07) is 12.2. The molecule has 24 heavy (non-hydrogen) atoms. The van der Waals surface area contributed by atoms with Crippen molar-refractivity contribution in [3.63, 3.8) is 0 Å². The summed E-state index contributed by atoms with van der Waals surface area (Å²) in [5.74, 6) is -0.216. The number of anilines is 2. The quantitative estimate of drug-likeness (QED) is 0.810. The van der Waals surface area contributed by atoms with Gasteiger partial charge in [-0.1, -0.05) is 44.2 Å². The predicted molar refractivity (Wildman–Crippen MR) is 95.7 cm³/mol. The number of methoxy groups -OCH3 is 1. The van der Waals surface area contributed by atoms with E-state index >= 15 is 0 Å². The zero-order valence-electron chi connectivity index (χ0n) is 14.3. The second-order valence-corrected chi connectivity index (χ2v) is 5.81. The Kier molecular flexibility index (Phi) is 5.58. The molecule has 2 N–H and O–H groups in total. The van der Waals surface area contributed by atoms with Gasteiger partial charge in [0.2, 0.25) is 0 Å². The second kappa shape index (κ2) is 7.64. The van der Waals surface area contributed by atoms with Crippen LogP contribution in [-0.4, -0.2) is 19.1 Å². The van der Waals surface area contributed by atoms with Crippen LogP contribution in [-0.2, 0) is 4.74 Å². The Bertz CT molecular complexity index is 754. The first kappa shape index (κ1) is 17.5. The molecule has 0 aromatic heterocycles. The van der Waals surface area contributed by atoms with E-state index in [1.54, 1.807) is 24.3 Å². The number of carbonyl (C=O) groups excluding carboxylic acids is 2. The van der Waals surface area contributed by atoms with E-state index in [0.29, 0.717) is 11.3 Å². The average Bonchev–Trinajstić information content (AvgIpc) is 2.56. The van der Waals surface area contributed by atoms with E-state index in [1.165, 1.54) is 7.11 Å². The van der Waals surface area contributed by atoms with Gasteiger partial charge >= 0.3 is 12.0 Å². The number of carbonyl (C=O) groups is 2. The number of para-hydroxylation sites is 2. The number of nitrogens with one attached hydrogen (secondary N) is 2. The lowest BCUT2D eigenvalue weighted by Crippen LogP contribution is -2.22. The van der Waals surface area contributed by atoms with Gasteiger partial charge in [-0.25, -0.2) is 9.59 Å². The van der Waals surface area contributed by atoms with Gasteiger partial charge in [0, 0.05) is 5.69 Å². The van der Waals surface area contributed by atoms with Gasteiger partial charge in [0.05, 0.1) is 18.4 Å².